The number of piperidine rings is 1. The van der Waals surface area contributed by atoms with Gasteiger partial charge in [-0.1, -0.05) is 66.2 Å². The Bertz CT molecular complexity index is 1880. The van der Waals surface area contributed by atoms with Gasteiger partial charge in [-0.25, -0.2) is 9.59 Å². The number of rotatable bonds is 10. The Kier molecular flexibility index (Phi) is 14.0. The zero-order valence-corrected chi connectivity index (χ0v) is 30.1. The number of halogens is 4. The number of ether oxygens (including phenoxy) is 1. The molecule has 1 aromatic heterocycles. The molecule has 1 aliphatic heterocycles. The Morgan fingerprint density at radius 2 is 1.68 bits per heavy atom. The van der Waals surface area contributed by atoms with Gasteiger partial charge in [-0.15, -0.1) is 11.3 Å². The fourth-order valence-corrected chi connectivity index (χ4v) is 6.91. The van der Waals surface area contributed by atoms with Crippen molar-refractivity contribution < 1.29 is 51.8 Å². The molecule has 0 radical (unpaired) electrons. The fraction of sp³-hybridized carbons (Fsp3) is 0.297. The van der Waals surface area contributed by atoms with E-state index in [9.17, 15) is 32.7 Å². The standard InChI is InChI=1S/C35H37ClN4O5S.C2HF3O2/c1-40(21-26-9-5-10-27(36)19-26)18-6-11-28(22-40)39(33(42)30(37)20-24-12-14-29(41)15-13-24)35(44)38-32-17-16-31(46-32)34(43)45-23-25-7-3-2-4-8-25;3-2(4,5)1(6)7/h2-5,7-10,12-17,19,28,30H,6,11,18,20-23,37H2,1H3,(H-,38,41,43,44);(H,6,7)/t28-,30-,40?;/m0./s1. The van der Waals surface area contributed by atoms with E-state index in [1.807, 2.05) is 54.6 Å². The summed E-state index contributed by atoms with van der Waals surface area (Å²) in [6, 6.07) is 24.8. The highest BCUT2D eigenvalue weighted by Crippen LogP contribution is 2.28. The van der Waals surface area contributed by atoms with Crippen LogP contribution in [0.3, 0.4) is 0 Å². The summed E-state index contributed by atoms with van der Waals surface area (Å²) in [6.07, 6.45) is -3.56. The van der Waals surface area contributed by atoms with Crippen molar-refractivity contribution in [3.05, 3.63) is 118 Å². The molecule has 16 heteroatoms. The number of phenols is 1. The number of aromatic hydroxyl groups is 1. The maximum atomic E-state index is 14.0. The second-order valence-corrected chi connectivity index (χ2v) is 14.3. The Morgan fingerprint density at radius 3 is 2.32 bits per heavy atom. The van der Waals surface area contributed by atoms with E-state index < -0.39 is 42.1 Å². The van der Waals surface area contributed by atoms with Gasteiger partial charge in [-0.3, -0.25) is 15.0 Å². The Hall–Kier alpha value is -4.96. The van der Waals surface area contributed by atoms with Crippen molar-refractivity contribution in [3.63, 3.8) is 0 Å². The predicted octanol–water partition coefficient (Wildman–Crippen LogP) is 5.50. The van der Waals surface area contributed by atoms with Crippen molar-refractivity contribution in [1.82, 2.24) is 4.90 Å². The van der Waals surface area contributed by atoms with Crippen molar-refractivity contribution in [2.45, 2.75) is 50.7 Å². The van der Waals surface area contributed by atoms with Crippen LogP contribution in [0.15, 0.2) is 91.0 Å². The van der Waals surface area contributed by atoms with Gasteiger partial charge in [0, 0.05) is 10.6 Å². The summed E-state index contributed by atoms with van der Waals surface area (Å²) in [4.78, 5) is 51.0. The van der Waals surface area contributed by atoms with Crippen LogP contribution in [0.25, 0.3) is 0 Å². The molecular weight excluding hydrogens is 737 g/mol. The minimum atomic E-state index is -5.19. The minimum Gasteiger partial charge on any atom is -0.542 e. The summed E-state index contributed by atoms with van der Waals surface area (Å²) in [5.41, 5.74) is 9.16. The van der Waals surface area contributed by atoms with Crippen molar-refractivity contribution in [2.75, 3.05) is 25.5 Å². The number of hydrogen-bond acceptors (Lipinski definition) is 9. The number of hydrogen-bond donors (Lipinski definition) is 3. The number of imide groups is 1. The van der Waals surface area contributed by atoms with Gasteiger partial charge >= 0.3 is 18.2 Å². The first-order valence-corrected chi connectivity index (χ1v) is 17.6. The minimum absolute atomic E-state index is 0.114. The van der Waals surface area contributed by atoms with E-state index in [-0.39, 0.29) is 18.8 Å². The second-order valence-electron chi connectivity index (χ2n) is 12.7. The SMILES string of the molecule is C[N+]1(Cc2cccc(Cl)c2)CCC[C@H](N(C(=O)Nc2ccc(C(=O)OCc3ccccc3)s2)C(=O)[C@@H](N)Cc2ccc(O)cc2)C1.O=C([O-])C(F)(F)F. The molecule has 1 aliphatic rings. The molecular formula is C37H38ClF3N4O7S. The summed E-state index contributed by atoms with van der Waals surface area (Å²) >= 11 is 7.34. The molecule has 0 saturated carbocycles. The van der Waals surface area contributed by atoms with Crippen LogP contribution in [0.4, 0.5) is 23.0 Å². The van der Waals surface area contributed by atoms with Crippen molar-refractivity contribution in [3.8, 4) is 5.75 Å². The highest BCUT2D eigenvalue weighted by atomic mass is 35.5. The molecule has 1 saturated heterocycles. The molecule has 53 heavy (non-hydrogen) atoms. The second kappa shape index (κ2) is 18.2. The number of nitrogens with zero attached hydrogens (tertiary/aromatic N) is 2. The van der Waals surface area contributed by atoms with E-state index in [1.165, 1.54) is 17.0 Å². The summed E-state index contributed by atoms with van der Waals surface area (Å²) in [5, 5.41) is 22.4. The van der Waals surface area contributed by atoms with Gasteiger partial charge in [0.05, 0.1) is 30.7 Å². The number of alkyl halides is 3. The average molecular weight is 775 g/mol. The average Bonchev–Trinajstić information content (AvgIpc) is 3.57. The van der Waals surface area contributed by atoms with Crippen LogP contribution in [-0.2, 0) is 33.9 Å². The number of carboxylic acid groups (broad SMARTS) is 1. The summed E-state index contributed by atoms with van der Waals surface area (Å²) < 4.78 is 37.6. The molecule has 4 aromatic rings. The van der Waals surface area contributed by atoms with Crippen LogP contribution >= 0.6 is 22.9 Å². The molecule has 282 valence electrons. The van der Waals surface area contributed by atoms with Gasteiger partial charge in [0.25, 0.3) is 0 Å². The van der Waals surface area contributed by atoms with Gasteiger partial charge in [-0.05, 0) is 66.8 Å². The third-order valence-corrected chi connectivity index (χ3v) is 9.57. The molecule has 3 atom stereocenters. The molecule has 0 spiro atoms. The van der Waals surface area contributed by atoms with E-state index >= 15 is 0 Å². The molecule has 0 aliphatic carbocycles. The fourth-order valence-electron chi connectivity index (χ4n) is 5.90. The molecule has 2 heterocycles. The van der Waals surface area contributed by atoms with Crippen LogP contribution in [0.5, 0.6) is 5.75 Å². The number of thiophene rings is 1. The first-order chi connectivity index (χ1) is 25.0. The number of quaternary nitrogens is 1. The largest absolute Gasteiger partial charge is 0.542 e. The molecule has 4 N–H and O–H groups in total. The van der Waals surface area contributed by atoms with Crippen LogP contribution in [-0.4, -0.2) is 76.8 Å². The van der Waals surface area contributed by atoms with Gasteiger partial charge in [0.1, 0.15) is 36.3 Å². The smallest absolute Gasteiger partial charge is 0.430 e. The van der Waals surface area contributed by atoms with Crippen molar-refractivity contribution >= 4 is 51.8 Å². The summed E-state index contributed by atoms with van der Waals surface area (Å²) in [6.45, 7) is 2.25. The normalized spacial score (nSPS) is 17.4. The van der Waals surface area contributed by atoms with Crippen LogP contribution in [0, 0.1) is 0 Å². The Balaban J connectivity index is 0.000000815. The molecule has 3 aromatic carbocycles. The number of amides is 3. The van der Waals surface area contributed by atoms with Crippen LogP contribution < -0.4 is 16.2 Å². The van der Waals surface area contributed by atoms with Gasteiger partial charge in [0.2, 0.25) is 5.91 Å². The monoisotopic (exact) mass is 774 g/mol. The van der Waals surface area contributed by atoms with Crippen LogP contribution in [0.1, 0.15) is 39.2 Å². The lowest BCUT2D eigenvalue weighted by Crippen LogP contribution is -2.62. The number of phenolic OH excluding ortho intramolecular Hbond substituents is 1. The summed E-state index contributed by atoms with van der Waals surface area (Å²) in [7, 11) is 2.12. The van der Waals surface area contributed by atoms with E-state index in [2.05, 4.69) is 12.4 Å². The van der Waals surface area contributed by atoms with E-state index in [4.69, 9.17) is 32.0 Å². The lowest BCUT2D eigenvalue weighted by Gasteiger charge is -2.44. The Morgan fingerprint density at radius 1 is 1.02 bits per heavy atom. The van der Waals surface area contributed by atoms with Crippen molar-refractivity contribution in [1.29, 1.82) is 0 Å². The third-order valence-electron chi connectivity index (χ3n) is 8.35. The summed E-state index contributed by atoms with van der Waals surface area (Å²) in [5.74, 6) is -3.89. The highest BCUT2D eigenvalue weighted by Gasteiger charge is 2.41. The maximum absolute atomic E-state index is 14.0. The van der Waals surface area contributed by atoms with E-state index in [1.54, 1.807) is 24.3 Å². The number of benzene rings is 3. The molecule has 1 unspecified atom stereocenters. The first-order valence-electron chi connectivity index (χ1n) is 16.4. The molecule has 5 rings (SSSR count). The Labute approximate surface area is 312 Å². The van der Waals surface area contributed by atoms with E-state index in [0.717, 1.165) is 41.0 Å². The maximum Gasteiger partial charge on any atom is 0.430 e. The number of anilines is 1. The van der Waals surface area contributed by atoms with Crippen molar-refractivity contribution in [2.24, 2.45) is 5.73 Å². The zero-order chi connectivity index (χ0) is 38.8. The number of carboxylic acids is 1. The quantitative estimate of drug-likeness (QED) is 0.141. The molecule has 3 amide bonds. The zero-order valence-electron chi connectivity index (χ0n) is 28.6. The number of aliphatic carboxylic acids is 1. The molecule has 1 fully saturated rings. The number of carbonyl (C=O) groups excluding carboxylic acids is 4. The molecule has 11 nitrogen and oxygen atoms in total. The third kappa shape index (κ3) is 12.3. The van der Waals surface area contributed by atoms with Gasteiger partial charge < -0.3 is 30.0 Å². The lowest BCUT2D eigenvalue weighted by atomic mass is 9.98. The first kappa shape index (κ1) is 40.8. The van der Waals surface area contributed by atoms with Crippen LogP contribution in [0.2, 0.25) is 5.02 Å². The predicted molar refractivity (Wildman–Crippen MR) is 191 cm³/mol. The highest BCUT2D eigenvalue weighted by molar-refractivity contribution is 7.18. The number of carbonyl (C=O) groups is 4. The number of nitrogens with one attached hydrogen (secondary N) is 1. The number of urea groups is 1. The molecule has 0 bridgehead atoms. The number of likely N-dealkylation sites (tertiary alicyclic amines) is 1. The topological polar surface area (TPSA) is 162 Å². The lowest BCUT2D eigenvalue weighted by molar-refractivity contribution is -0.928. The number of nitrogens with two attached hydrogens (primary N) is 1. The van der Waals surface area contributed by atoms with E-state index in [0.29, 0.717) is 38.9 Å². The number of likely N-dealkylation sites (N-methyl/N-ethyl adjacent to an activating group) is 1. The van der Waals surface area contributed by atoms with Gasteiger partial charge in [0.15, 0.2) is 0 Å². The van der Waals surface area contributed by atoms with Gasteiger partial charge in [-0.2, -0.15) is 13.2 Å². The number of esters is 1.